The number of carbonyl (C=O) groups excluding carboxylic acids is 1. The molecule has 0 spiro atoms. The molecule has 7 nitrogen and oxygen atoms in total. The molecule has 1 amide bonds. The number of anilines is 1. The van der Waals surface area contributed by atoms with E-state index in [0.717, 1.165) is 36.4 Å². The number of benzene rings is 3. The van der Waals surface area contributed by atoms with Crippen LogP contribution in [-0.4, -0.2) is 34.5 Å². The highest BCUT2D eigenvalue weighted by molar-refractivity contribution is 6.24. The van der Waals surface area contributed by atoms with E-state index in [-0.39, 0.29) is 11.6 Å². The molecule has 0 radical (unpaired) electrons. The molecule has 3 aromatic carbocycles. The Bertz CT molecular complexity index is 1260. The van der Waals surface area contributed by atoms with E-state index in [1.807, 2.05) is 43.3 Å². The zero-order valence-electron chi connectivity index (χ0n) is 19.0. The number of non-ortho nitro benzene ring substituents is 1. The Morgan fingerprint density at radius 1 is 1.06 bits per heavy atom. The summed E-state index contributed by atoms with van der Waals surface area (Å²) in [5, 5.41) is 14.2. The average molecular weight is 455 g/mol. The molecule has 0 aliphatic carbocycles. The van der Waals surface area contributed by atoms with Gasteiger partial charge in [-0.05, 0) is 62.2 Å². The highest BCUT2D eigenvalue weighted by Gasteiger charge is 2.36. The molecule has 2 heterocycles. The van der Waals surface area contributed by atoms with Crippen LogP contribution >= 0.6 is 0 Å². The Labute approximate surface area is 198 Å². The molecule has 2 aliphatic rings. The molecule has 7 heteroatoms. The summed E-state index contributed by atoms with van der Waals surface area (Å²) in [5.41, 5.74) is 5.57. The molecule has 172 valence electrons. The van der Waals surface area contributed by atoms with Gasteiger partial charge >= 0.3 is 0 Å². The van der Waals surface area contributed by atoms with Crippen molar-refractivity contribution in [2.45, 2.75) is 32.2 Å². The normalized spacial score (nSPS) is 18.1. The SMILES string of the molecule is Cc1ccc(C(=Nc2ccc(CN3CCCC3)cc2)C2C(=O)Nc3ccc([N+](=O)[O-])cc32)cc1. The van der Waals surface area contributed by atoms with Crippen LogP contribution in [0.5, 0.6) is 0 Å². The Morgan fingerprint density at radius 3 is 2.44 bits per heavy atom. The van der Waals surface area contributed by atoms with Crippen molar-refractivity contribution >= 4 is 28.7 Å². The number of hydrogen-bond acceptors (Lipinski definition) is 5. The first kappa shape index (κ1) is 22.0. The first-order valence-electron chi connectivity index (χ1n) is 11.5. The minimum atomic E-state index is -0.734. The number of likely N-dealkylation sites (tertiary alicyclic amines) is 1. The van der Waals surface area contributed by atoms with Crippen molar-refractivity contribution in [2.24, 2.45) is 4.99 Å². The quantitative estimate of drug-likeness (QED) is 0.309. The lowest BCUT2D eigenvalue weighted by molar-refractivity contribution is -0.384. The third kappa shape index (κ3) is 4.47. The lowest BCUT2D eigenvalue weighted by Gasteiger charge is -2.15. The second-order valence-corrected chi connectivity index (χ2v) is 8.96. The van der Waals surface area contributed by atoms with Gasteiger partial charge in [-0.1, -0.05) is 42.0 Å². The molecule has 1 saturated heterocycles. The van der Waals surface area contributed by atoms with E-state index < -0.39 is 10.8 Å². The van der Waals surface area contributed by atoms with Crippen LogP contribution in [0.15, 0.2) is 71.7 Å². The molecule has 1 fully saturated rings. The van der Waals surface area contributed by atoms with Gasteiger partial charge in [0.2, 0.25) is 5.91 Å². The van der Waals surface area contributed by atoms with Crippen molar-refractivity contribution < 1.29 is 9.72 Å². The third-order valence-corrected chi connectivity index (χ3v) is 6.49. The fraction of sp³-hybridized carbons (Fsp3) is 0.259. The Morgan fingerprint density at radius 2 is 1.76 bits per heavy atom. The third-order valence-electron chi connectivity index (χ3n) is 6.49. The number of aliphatic imine (C=N–C) groups is 1. The second-order valence-electron chi connectivity index (χ2n) is 8.96. The summed E-state index contributed by atoms with van der Waals surface area (Å²) >= 11 is 0. The van der Waals surface area contributed by atoms with Crippen LogP contribution in [0.3, 0.4) is 0 Å². The molecular weight excluding hydrogens is 428 g/mol. The number of amides is 1. The maximum absolute atomic E-state index is 13.1. The van der Waals surface area contributed by atoms with E-state index in [9.17, 15) is 14.9 Å². The van der Waals surface area contributed by atoms with Gasteiger partial charge in [-0.15, -0.1) is 0 Å². The first-order valence-corrected chi connectivity index (χ1v) is 11.5. The zero-order valence-corrected chi connectivity index (χ0v) is 19.0. The van der Waals surface area contributed by atoms with Crippen LogP contribution in [-0.2, 0) is 11.3 Å². The molecule has 1 unspecified atom stereocenters. The zero-order chi connectivity index (χ0) is 23.7. The largest absolute Gasteiger partial charge is 0.325 e. The predicted octanol–water partition coefficient (Wildman–Crippen LogP) is 5.36. The van der Waals surface area contributed by atoms with Crippen LogP contribution in [0, 0.1) is 17.0 Å². The number of nitro groups is 1. The maximum atomic E-state index is 13.1. The highest BCUT2D eigenvalue weighted by Crippen LogP contribution is 2.38. The van der Waals surface area contributed by atoms with Crippen LogP contribution in [0.4, 0.5) is 17.1 Å². The molecule has 0 saturated carbocycles. The number of nitro benzene ring substituents is 1. The fourth-order valence-electron chi connectivity index (χ4n) is 4.67. The fourth-order valence-corrected chi connectivity index (χ4v) is 4.67. The van der Waals surface area contributed by atoms with E-state index in [0.29, 0.717) is 17.0 Å². The predicted molar refractivity (Wildman–Crippen MR) is 133 cm³/mol. The van der Waals surface area contributed by atoms with Gasteiger partial charge in [-0.25, -0.2) is 0 Å². The van der Waals surface area contributed by atoms with Crippen LogP contribution in [0.25, 0.3) is 0 Å². The van der Waals surface area contributed by atoms with Gasteiger partial charge in [0.05, 0.1) is 16.3 Å². The van der Waals surface area contributed by atoms with Crippen LogP contribution < -0.4 is 5.32 Å². The molecule has 2 aliphatic heterocycles. The lowest BCUT2D eigenvalue weighted by atomic mass is 9.90. The molecule has 1 atom stereocenters. The Hall–Kier alpha value is -3.84. The standard InChI is InChI=1S/C27H26N4O3/c1-18-4-8-20(9-5-18)26(25-23-16-22(31(33)34)12-13-24(23)29-27(25)32)28-21-10-6-19(7-11-21)17-30-14-2-3-15-30/h4-13,16,25H,2-3,14-15,17H2,1H3,(H,29,32). The van der Waals surface area contributed by atoms with Gasteiger partial charge in [0.25, 0.3) is 5.69 Å². The lowest BCUT2D eigenvalue weighted by Crippen LogP contribution is -2.22. The summed E-state index contributed by atoms with van der Waals surface area (Å²) in [4.78, 5) is 31.4. The number of hydrogen-bond donors (Lipinski definition) is 1. The minimum Gasteiger partial charge on any atom is -0.325 e. The van der Waals surface area contributed by atoms with Crippen molar-refractivity contribution in [3.63, 3.8) is 0 Å². The molecule has 5 rings (SSSR count). The average Bonchev–Trinajstić information content (AvgIpc) is 3.45. The van der Waals surface area contributed by atoms with E-state index in [1.54, 1.807) is 6.07 Å². The van der Waals surface area contributed by atoms with Crippen molar-refractivity contribution in [2.75, 3.05) is 18.4 Å². The van der Waals surface area contributed by atoms with E-state index >= 15 is 0 Å². The summed E-state index contributed by atoms with van der Waals surface area (Å²) < 4.78 is 0. The molecule has 0 bridgehead atoms. The molecule has 34 heavy (non-hydrogen) atoms. The van der Waals surface area contributed by atoms with Gasteiger partial charge in [0, 0.05) is 29.9 Å². The molecular formula is C27H26N4O3. The minimum absolute atomic E-state index is 0.0465. The summed E-state index contributed by atoms with van der Waals surface area (Å²) in [7, 11) is 0. The topological polar surface area (TPSA) is 87.8 Å². The highest BCUT2D eigenvalue weighted by atomic mass is 16.6. The summed E-state index contributed by atoms with van der Waals surface area (Å²) in [6.07, 6.45) is 2.51. The number of nitrogens with one attached hydrogen (secondary N) is 1. The second kappa shape index (κ2) is 9.19. The van der Waals surface area contributed by atoms with Crippen molar-refractivity contribution in [1.29, 1.82) is 0 Å². The monoisotopic (exact) mass is 454 g/mol. The van der Waals surface area contributed by atoms with Gasteiger partial charge in [-0.3, -0.25) is 24.8 Å². The molecule has 3 aromatic rings. The van der Waals surface area contributed by atoms with E-state index in [1.165, 1.54) is 30.5 Å². The Balaban J connectivity index is 1.54. The van der Waals surface area contributed by atoms with E-state index in [4.69, 9.17) is 4.99 Å². The Kier molecular flexibility index (Phi) is 5.94. The summed E-state index contributed by atoms with van der Waals surface area (Å²) in [6, 6.07) is 20.4. The number of aryl methyl sites for hydroxylation is 1. The van der Waals surface area contributed by atoms with Crippen LogP contribution in [0.1, 0.15) is 41.0 Å². The number of rotatable bonds is 6. The molecule has 1 N–H and O–H groups in total. The van der Waals surface area contributed by atoms with Gasteiger partial charge in [0.15, 0.2) is 0 Å². The first-order chi connectivity index (χ1) is 16.5. The van der Waals surface area contributed by atoms with Crippen LogP contribution in [0.2, 0.25) is 0 Å². The molecule has 0 aromatic heterocycles. The van der Waals surface area contributed by atoms with Gasteiger partial charge in [-0.2, -0.15) is 0 Å². The van der Waals surface area contributed by atoms with E-state index in [2.05, 4.69) is 22.3 Å². The van der Waals surface area contributed by atoms with Gasteiger partial charge in [0.1, 0.15) is 5.92 Å². The summed E-state index contributed by atoms with van der Waals surface area (Å²) in [6.45, 7) is 5.21. The smallest absolute Gasteiger partial charge is 0.269 e. The maximum Gasteiger partial charge on any atom is 0.269 e. The van der Waals surface area contributed by atoms with Crippen molar-refractivity contribution in [3.8, 4) is 0 Å². The number of fused-ring (bicyclic) bond motifs is 1. The van der Waals surface area contributed by atoms with Crippen molar-refractivity contribution in [1.82, 2.24) is 4.90 Å². The number of carbonyl (C=O) groups is 1. The van der Waals surface area contributed by atoms with Gasteiger partial charge < -0.3 is 5.32 Å². The summed E-state index contributed by atoms with van der Waals surface area (Å²) in [5.74, 6) is -0.970. The number of nitrogens with zero attached hydrogens (tertiary/aromatic N) is 3. The van der Waals surface area contributed by atoms with Crippen molar-refractivity contribution in [3.05, 3.63) is 99.1 Å².